The number of ether oxygens (including phenoxy) is 2. The number of rotatable bonds is 6. The number of nitrogens with one attached hydrogen (secondary N) is 1. The Kier molecular flexibility index (Phi) is 9.43. The Morgan fingerprint density at radius 3 is 2.71 bits per heavy atom. The lowest BCUT2D eigenvalue weighted by molar-refractivity contribution is 0.180. The molecule has 1 aromatic rings. The van der Waals surface area contributed by atoms with Gasteiger partial charge in [-0.25, -0.2) is 0 Å². The average Bonchev–Trinajstić information content (AvgIpc) is 3.03. The third-order valence-electron chi connectivity index (χ3n) is 4.04. The first-order valence-electron chi connectivity index (χ1n) is 8.31. The summed E-state index contributed by atoms with van der Waals surface area (Å²) in [6.07, 6.45) is 1.20. The molecular weight excluding hydrogens is 417 g/mol. The highest BCUT2D eigenvalue weighted by molar-refractivity contribution is 14.0. The normalized spacial score (nSPS) is 18.7. The first-order chi connectivity index (χ1) is 11.1. The van der Waals surface area contributed by atoms with Gasteiger partial charge in [0.25, 0.3) is 0 Å². The van der Waals surface area contributed by atoms with Gasteiger partial charge >= 0.3 is 0 Å². The molecule has 2 unspecified atom stereocenters. The molecule has 0 aromatic heterocycles. The molecule has 0 spiro atoms. The van der Waals surface area contributed by atoms with Crippen LogP contribution in [0.25, 0.3) is 0 Å². The second-order valence-electron chi connectivity index (χ2n) is 6.28. The maximum absolute atomic E-state index is 5.92. The molecule has 0 radical (unpaired) electrons. The van der Waals surface area contributed by atoms with Crippen molar-refractivity contribution in [3.05, 3.63) is 29.8 Å². The molecule has 1 aliphatic rings. The number of benzene rings is 1. The monoisotopic (exact) mass is 447 g/mol. The van der Waals surface area contributed by atoms with E-state index in [4.69, 9.17) is 9.47 Å². The molecule has 5 nitrogen and oxygen atoms in total. The Morgan fingerprint density at radius 2 is 2.12 bits per heavy atom. The molecule has 1 aromatic carbocycles. The maximum atomic E-state index is 5.92. The van der Waals surface area contributed by atoms with Crippen LogP contribution >= 0.6 is 24.0 Å². The van der Waals surface area contributed by atoms with Crippen LogP contribution in [0.4, 0.5) is 0 Å². The Morgan fingerprint density at radius 1 is 1.42 bits per heavy atom. The standard InChI is InChI=1S/C18H29N3O2.HI/c1-14-5-7-17(8-6-14)23-15(2)11-20-18(19-3)21(4)12-16-9-10-22-13-16;/h5-8,15-16H,9-13H2,1-4H3,(H,19,20);1H. The van der Waals surface area contributed by atoms with Crippen LogP contribution < -0.4 is 10.1 Å². The van der Waals surface area contributed by atoms with Gasteiger partial charge < -0.3 is 19.7 Å². The van der Waals surface area contributed by atoms with Crippen molar-refractivity contribution in [2.24, 2.45) is 10.9 Å². The van der Waals surface area contributed by atoms with E-state index in [2.05, 4.69) is 48.2 Å². The van der Waals surface area contributed by atoms with Crippen LogP contribution in [0.3, 0.4) is 0 Å². The van der Waals surface area contributed by atoms with Crippen molar-refractivity contribution in [3.8, 4) is 5.75 Å². The quantitative estimate of drug-likeness (QED) is 0.414. The summed E-state index contributed by atoms with van der Waals surface area (Å²) in [7, 11) is 3.88. The Labute approximate surface area is 162 Å². The maximum Gasteiger partial charge on any atom is 0.193 e. The fraction of sp³-hybridized carbons (Fsp3) is 0.611. The van der Waals surface area contributed by atoms with E-state index in [9.17, 15) is 0 Å². The van der Waals surface area contributed by atoms with E-state index in [0.29, 0.717) is 12.5 Å². The second-order valence-corrected chi connectivity index (χ2v) is 6.28. The van der Waals surface area contributed by atoms with Gasteiger partial charge in [-0.15, -0.1) is 24.0 Å². The molecule has 0 bridgehead atoms. The Balaban J connectivity index is 0.00000288. The summed E-state index contributed by atoms with van der Waals surface area (Å²) in [6.45, 7) is 7.55. The average molecular weight is 447 g/mol. The minimum Gasteiger partial charge on any atom is -0.489 e. The van der Waals surface area contributed by atoms with Gasteiger partial charge in [0.15, 0.2) is 5.96 Å². The van der Waals surface area contributed by atoms with E-state index >= 15 is 0 Å². The van der Waals surface area contributed by atoms with E-state index in [-0.39, 0.29) is 30.1 Å². The van der Waals surface area contributed by atoms with E-state index in [1.54, 1.807) is 0 Å². The van der Waals surface area contributed by atoms with Crippen LogP contribution in [0.2, 0.25) is 0 Å². The van der Waals surface area contributed by atoms with Crippen molar-refractivity contribution in [1.82, 2.24) is 10.2 Å². The molecule has 1 fully saturated rings. The number of halogens is 1. The van der Waals surface area contributed by atoms with Crippen molar-refractivity contribution in [1.29, 1.82) is 0 Å². The summed E-state index contributed by atoms with van der Waals surface area (Å²) in [5.74, 6) is 2.40. The van der Waals surface area contributed by atoms with Crippen LogP contribution in [0.1, 0.15) is 18.9 Å². The predicted molar refractivity (Wildman–Crippen MR) is 110 cm³/mol. The molecule has 2 atom stereocenters. The third kappa shape index (κ3) is 6.84. The van der Waals surface area contributed by atoms with Crippen molar-refractivity contribution in [3.63, 3.8) is 0 Å². The van der Waals surface area contributed by atoms with Crippen molar-refractivity contribution in [2.45, 2.75) is 26.4 Å². The zero-order valence-electron chi connectivity index (χ0n) is 15.1. The van der Waals surface area contributed by atoms with Gasteiger partial charge in [-0.2, -0.15) is 0 Å². The van der Waals surface area contributed by atoms with Gasteiger partial charge in [0.05, 0.1) is 13.2 Å². The van der Waals surface area contributed by atoms with E-state index in [1.807, 2.05) is 19.2 Å². The van der Waals surface area contributed by atoms with Crippen LogP contribution in [-0.4, -0.2) is 57.4 Å². The fourth-order valence-electron chi connectivity index (χ4n) is 2.71. The molecule has 1 aliphatic heterocycles. The highest BCUT2D eigenvalue weighted by Gasteiger charge is 2.19. The number of aryl methyl sites for hydroxylation is 1. The SMILES string of the molecule is CN=C(NCC(C)Oc1ccc(C)cc1)N(C)CC1CCOC1.I. The first-order valence-corrected chi connectivity index (χ1v) is 8.31. The van der Waals surface area contributed by atoms with Crippen LogP contribution in [-0.2, 0) is 4.74 Å². The summed E-state index contributed by atoms with van der Waals surface area (Å²) >= 11 is 0. The molecular formula is C18H30IN3O2. The highest BCUT2D eigenvalue weighted by Crippen LogP contribution is 2.14. The highest BCUT2D eigenvalue weighted by atomic mass is 127. The lowest BCUT2D eigenvalue weighted by Crippen LogP contribution is -2.44. The van der Waals surface area contributed by atoms with Gasteiger partial charge in [0.1, 0.15) is 11.9 Å². The van der Waals surface area contributed by atoms with Crippen LogP contribution in [0.5, 0.6) is 5.75 Å². The molecule has 1 saturated heterocycles. The number of guanidine groups is 1. The number of aliphatic imine (C=N–C) groups is 1. The summed E-state index contributed by atoms with van der Waals surface area (Å²) in [4.78, 5) is 6.52. The molecule has 6 heteroatoms. The van der Waals surface area contributed by atoms with Gasteiger partial charge in [-0.3, -0.25) is 4.99 Å². The van der Waals surface area contributed by atoms with Crippen molar-refractivity contribution in [2.75, 3.05) is 40.4 Å². The number of nitrogens with zero attached hydrogens (tertiary/aromatic N) is 2. The second kappa shape index (κ2) is 10.8. The topological polar surface area (TPSA) is 46.1 Å². The van der Waals surface area contributed by atoms with Crippen LogP contribution in [0.15, 0.2) is 29.3 Å². The van der Waals surface area contributed by atoms with Gasteiger partial charge in [0, 0.05) is 33.2 Å². The van der Waals surface area contributed by atoms with E-state index < -0.39 is 0 Å². The Hall–Kier alpha value is -1.02. The summed E-state index contributed by atoms with van der Waals surface area (Å²) in [5.41, 5.74) is 1.24. The minimum absolute atomic E-state index is 0. The first kappa shape index (κ1) is 21.0. The van der Waals surface area contributed by atoms with Crippen molar-refractivity contribution < 1.29 is 9.47 Å². The molecule has 24 heavy (non-hydrogen) atoms. The molecule has 136 valence electrons. The number of hydrogen-bond acceptors (Lipinski definition) is 3. The molecule has 2 rings (SSSR count). The molecule has 0 aliphatic carbocycles. The van der Waals surface area contributed by atoms with Crippen molar-refractivity contribution >= 4 is 29.9 Å². The summed E-state index contributed by atoms with van der Waals surface area (Å²) in [5, 5.41) is 3.38. The molecule has 1 N–H and O–H groups in total. The minimum atomic E-state index is 0. The zero-order chi connectivity index (χ0) is 16.7. The Bertz CT molecular complexity index is 501. The number of hydrogen-bond donors (Lipinski definition) is 1. The lowest BCUT2D eigenvalue weighted by Gasteiger charge is -2.25. The van der Waals surface area contributed by atoms with E-state index in [1.165, 1.54) is 5.56 Å². The lowest BCUT2D eigenvalue weighted by atomic mass is 10.1. The summed E-state index contributed by atoms with van der Waals surface area (Å²) in [6, 6.07) is 8.14. The molecule has 0 amide bonds. The summed E-state index contributed by atoms with van der Waals surface area (Å²) < 4.78 is 11.4. The molecule has 0 saturated carbocycles. The largest absolute Gasteiger partial charge is 0.489 e. The predicted octanol–water partition coefficient (Wildman–Crippen LogP) is 2.92. The molecule has 1 heterocycles. The van der Waals surface area contributed by atoms with Gasteiger partial charge in [-0.1, -0.05) is 17.7 Å². The zero-order valence-corrected chi connectivity index (χ0v) is 17.4. The van der Waals surface area contributed by atoms with Gasteiger partial charge in [-0.05, 0) is 32.4 Å². The van der Waals surface area contributed by atoms with E-state index in [0.717, 1.165) is 37.9 Å². The van der Waals surface area contributed by atoms with Gasteiger partial charge in [0.2, 0.25) is 0 Å². The third-order valence-corrected chi connectivity index (χ3v) is 4.04. The fourth-order valence-corrected chi connectivity index (χ4v) is 2.71. The van der Waals surface area contributed by atoms with Crippen LogP contribution in [0, 0.1) is 12.8 Å². The smallest absolute Gasteiger partial charge is 0.193 e.